The molecule has 0 aliphatic carbocycles. The maximum atomic E-state index is 13.5. The summed E-state index contributed by atoms with van der Waals surface area (Å²) in [5, 5.41) is 28.9. The van der Waals surface area contributed by atoms with Gasteiger partial charge in [0.2, 0.25) is 15.8 Å². The molecule has 0 aliphatic heterocycles. The fourth-order valence-electron chi connectivity index (χ4n) is 1.56. The number of aliphatic hydroxyl groups excluding tert-OH is 2. The highest BCUT2D eigenvalue weighted by molar-refractivity contribution is 7.89. The number of nitrogens with zero attached hydrogens (tertiary/aromatic N) is 1. The lowest BCUT2D eigenvalue weighted by atomic mass is 10.0. The Balaban J connectivity index is 3.20. The predicted molar refractivity (Wildman–Crippen MR) is 70.6 cm³/mol. The van der Waals surface area contributed by atoms with Gasteiger partial charge in [0, 0.05) is 12.1 Å². The Kier molecular flexibility index (Phi) is 5.34. The van der Waals surface area contributed by atoms with Gasteiger partial charge >= 0.3 is 5.69 Å². The van der Waals surface area contributed by atoms with Crippen LogP contribution in [0.5, 0.6) is 0 Å². The number of halogens is 1. The van der Waals surface area contributed by atoms with E-state index in [0.717, 1.165) is 12.1 Å². The van der Waals surface area contributed by atoms with Crippen molar-refractivity contribution in [3.63, 3.8) is 0 Å². The summed E-state index contributed by atoms with van der Waals surface area (Å²) >= 11 is 0. The van der Waals surface area contributed by atoms with Gasteiger partial charge in [-0.05, 0) is 12.5 Å². The van der Waals surface area contributed by atoms with Gasteiger partial charge in [0.1, 0.15) is 0 Å². The highest BCUT2D eigenvalue weighted by Crippen LogP contribution is 2.22. The smallest absolute Gasteiger partial charge is 0.304 e. The third kappa shape index (κ3) is 3.73. The van der Waals surface area contributed by atoms with Crippen LogP contribution in [0.15, 0.2) is 23.1 Å². The van der Waals surface area contributed by atoms with E-state index in [2.05, 4.69) is 4.72 Å². The summed E-state index contributed by atoms with van der Waals surface area (Å²) in [7, 11) is -4.25. The molecule has 0 fully saturated rings. The molecule has 3 N–H and O–H groups in total. The molecule has 0 aliphatic rings. The number of nitro benzene ring substituents is 1. The van der Waals surface area contributed by atoms with Crippen molar-refractivity contribution in [2.45, 2.75) is 23.8 Å². The van der Waals surface area contributed by atoms with E-state index in [1.165, 1.54) is 0 Å². The number of aliphatic hydroxyl groups is 2. The van der Waals surface area contributed by atoms with Gasteiger partial charge in [-0.3, -0.25) is 10.1 Å². The molecular weight excluding hydrogens is 307 g/mol. The van der Waals surface area contributed by atoms with E-state index >= 15 is 0 Å². The summed E-state index contributed by atoms with van der Waals surface area (Å²) < 4.78 is 39.7. The first-order valence-electron chi connectivity index (χ1n) is 5.91. The number of benzene rings is 1. The highest BCUT2D eigenvalue weighted by Gasteiger charge is 2.33. The van der Waals surface area contributed by atoms with Crippen LogP contribution in [0.4, 0.5) is 10.1 Å². The summed E-state index contributed by atoms with van der Waals surface area (Å²) in [4.78, 5) is 8.97. The van der Waals surface area contributed by atoms with E-state index < -0.39 is 50.1 Å². The van der Waals surface area contributed by atoms with Gasteiger partial charge in [-0.2, -0.15) is 4.39 Å². The van der Waals surface area contributed by atoms with Crippen LogP contribution in [-0.2, 0) is 10.0 Å². The van der Waals surface area contributed by atoms with Gasteiger partial charge in [0.25, 0.3) is 0 Å². The molecule has 8 nitrogen and oxygen atoms in total. The molecule has 0 bridgehead atoms. The standard InChI is InChI=1S/C11H15FN2O6S/c1-2-11(6-15,7-16)13-21(19,20)8-3-4-10(14(17)18)9(12)5-8/h3-5,13,15-16H,2,6-7H2,1H3. The minimum Gasteiger partial charge on any atom is -0.394 e. The first kappa shape index (κ1) is 17.4. The molecule has 0 saturated carbocycles. The molecule has 0 saturated heterocycles. The number of rotatable bonds is 7. The second-order valence-corrected chi connectivity index (χ2v) is 6.11. The molecule has 118 valence electrons. The van der Waals surface area contributed by atoms with Crippen molar-refractivity contribution in [3.8, 4) is 0 Å². The maximum Gasteiger partial charge on any atom is 0.304 e. The number of sulfonamides is 1. The normalized spacial score (nSPS) is 12.4. The highest BCUT2D eigenvalue weighted by atomic mass is 32.2. The number of hydrogen-bond donors (Lipinski definition) is 3. The lowest BCUT2D eigenvalue weighted by Crippen LogP contribution is -2.53. The van der Waals surface area contributed by atoms with E-state index in [9.17, 15) is 33.1 Å². The molecule has 1 aromatic rings. The van der Waals surface area contributed by atoms with Gasteiger partial charge in [0.05, 0.1) is 28.6 Å². The minimum absolute atomic E-state index is 0.0920. The van der Waals surface area contributed by atoms with Crippen LogP contribution in [0, 0.1) is 15.9 Å². The van der Waals surface area contributed by atoms with Crippen molar-refractivity contribution in [2.24, 2.45) is 0 Å². The summed E-state index contributed by atoms with van der Waals surface area (Å²) in [5.41, 5.74) is -2.34. The average Bonchev–Trinajstić information content (AvgIpc) is 2.44. The zero-order chi connectivity index (χ0) is 16.3. The van der Waals surface area contributed by atoms with Crippen molar-refractivity contribution in [1.82, 2.24) is 4.72 Å². The Morgan fingerprint density at radius 2 is 1.95 bits per heavy atom. The van der Waals surface area contributed by atoms with E-state index in [-0.39, 0.29) is 6.42 Å². The van der Waals surface area contributed by atoms with Gasteiger partial charge < -0.3 is 10.2 Å². The quantitative estimate of drug-likeness (QED) is 0.484. The molecule has 0 heterocycles. The molecule has 0 radical (unpaired) electrons. The Bertz CT molecular complexity index is 621. The summed E-state index contributed by atoms with van der Waals surface area (Å²) in [6.45, 7) is 0.231. The molecule has 10 heteroatoms. The second kappa shape index (κ2) is 6.43. The van der Waals surface area contributed by atoms with E-state index in [1.54, 1.807) is 6.92 Å². The van der Waals surface area contributed by atoms with Gasteiger partial charge in [-0.15, -0.1) is 0 Å². The molecule has 0 amide bonds. The van der Waals surface area contributed by atoms with Crippen molar-refractivity contribution in [2.75, 3.05) is 13.2 Å². The molecule has 1 rings (SSSR count). The Morgan fingerprint density at radius 1 is 1.38 bits per heavy atom. The molecular formula is C11H15FN2O6S. The van der Waals surface area contributed by atoms with E-state index in [4.69, 9.17) is 0 Å². The number of hydrogen-bond acceptors (Lipinski definition) is 6. The zero-order valence-corrected chi connectivity index (χ0v) is 11.9. The van der Waals surface area contributed by atoms with Gasteiger partial charge in [-0.25, -0.2) is 13.1 Å². The topological polar surface area (TPSA) is 130 Å². The average molecular weight is 322 g/mol. The Labute approximate surface area is 120 Å². The van der Waals surface area contributed by atoms with E-state index in [0.29, 0.717) is 6.07 Å². The third-order valence-electron chi connectivity index (χ3n) is 3.06. The van der Waals surface area contributed by atoms with E-state index in [1.807, 2.05) is 0 Å². The van der Waals surface area contributed by atoms with Crippen LogP contribution in [0.3, 0.4) is 0 Å². The van der Waals surface area contributed by atoms with Crippen LogP contribution in [-0.4, -0.2) is 42.3 Å². The van der Waals surface area contributed by atoms with Crippen LogP contribution >= 0.6 is 0 Å². The maximum absolute atomic E-state index is 13.5. The van der Waals surface area contributed by atoms with Crippen LogP contribution in [0.1, 0.15) is 13.3 Å². The van der Waals surface area contributed by atoms with Crippen LogP contribution in [0.2, 0.25) is 0 Å². The Hall–Kier alpha value is -1.62. The first-order valence-corrected chi connectivity index (χ1v) is 7.39. The van der Waals surface area contributed by atoms with Crippen molar-refractivity contribution >= 4 is 15.7 Å². The number of nitro groups is 1. The van der Waals surface area contributed by atoms with Crippen molar-refractivity contribution < 1.29 is 27.9 Å². The molecule has 21 heavy (non-hydrogen) atoms. The van der Waals surface area contributed by atoms with Gasteiger partial charge in [-0.1, -0.05) is 6.92 Å². The summed E-state index contributed by atoms with van der Waals surface area (Å²) in [6, 6.07) is 2.11. The van der Waals surface area contributed by atoms with Gasteiger partial charge in [0.15, 0.2) is 0 Å². The summed E-state index contributed by atoms with van der Waals surface area (Å²) in [6.07, 6.45) is 0.0920. The lowest BCUT2D eigenvalue weighted by Gasteiger charge is -2.29. The molecule has 0 unspecified atom stereocenters. The monoisotopic (exact) mass is 322 g/mol. The molecule has 0 spiro atoms. The molecule has 1 aromatic carbocycles. The largest absolute Gasteiger partial charge is 0.394 e. The third-order valence-corrected chi connectivity index (χ3v) is 4.64. The second-order valence-electron chi connectivity index (χ2n) is 4.43. The zero-order valence-electron chi connectivity index (χ0n) is 11.1. The molecule has 0 atom stereocenters. The first-order chi connectivity index (χ1) is 9.71. The summed E-state index contributed by atoms with van der Waals surface area (Å²) in [5.74, 6) is -1.29. The SMILES string of the molecule is CCC(CO)(CO)NS(=O)(=O)c1ccc([N+](=O)[O-])c(F)c1. The van der Waals surface area contributed by atoms with Crippen LogP contribution in [0.25, 0.3) is 0 Å². The predicted octanol–water partition coefficient (Wildman–Crippen LogP) is 0.146. The lowest BCUT2D eigenvalue weighted by molar-refractivity contribution is -0.387. The fourth-order valence-corrected chi connectivity index (χ4v) is 3.02. The Morgan fingerprint density at radius 3 is 2.33 bits per heavy atom. The fraction of sp³-hybridized carbons (Fsp3) is 0.455. The van der Waals surface area contributed by atoms with Crippen molar-refractivity contribution in [1.29, 1.82) is 0 Å². The minimum atomic E-state index is -4.25. The molecule has 0 aromatic heterocycles. The van der Waals surface area contributed by atoms with Crippen LogP contribution < -0.4 is 4.72 Å². The van der Waals surface area contributed by atoms with Crippen molar-refractivity contribution in [3.05, 3.63) is 34.1 Å². The number of nitrogens with one attached hydrogen (secondary N) is 1.